The molecule has 4 N–H and O–H groups in total. The van der Waals surface area contributed by atoms with Crippen molar-refractivity contribution in [3.05, 3.63) is 28.8 Å². The standard InChI is InChI=1S/C11H16ClNO3/c1-7(13)8-2-3-11(10(12)4-8)16-6-9(15)5-14/h2-4,7,9,14-15H,5-6,13H2,1H3/t7-,9?/m1/s1. The van der Waals surface area contributed by atoms with Crippen LogP contribution in [-0.2, 0) is 0 Å². The zero-order valence-corrected chi connectivity index (χ0v) is 9.81. The fraction of sp³-hybridized carbons (Fsp3) is 0.455. The second-order valence-corrected chi connectivity index (χ2v) is 4.03. The monoisotopic (exact) mass is 245 g/mol. The molecule has 1 aromatic rings. The molecule has 0 spiro atoms. The second-order valence-electron chi connectivity index (χ2n) is 3.63. The van der Waals surface area contributed by atoms with E-state index in [2.05, 4.69) is 0 Å². The fourth-order valence-corrected chi connectivity index (χ4v) is 1.40. The van der Waals surface area contributed by atoms with Gasteiger partial charge in [-0.15, -0.1) is 0 Å². The van der Waals surface area contributed by atoms with Gasteiger partial charge in [-0.1, -0.05) is 17.7 Å². The molecule has 0 radical (unpaired) electrons. The van der Waals surface area contributed by atoms with Crippen molar-refractivity contribution in [2.24, 2.45) is 5.73 Å². The van der Waals surface area contributed by atoms with Crippen molar-refractivity contribution in [1.29, 1.82) is 0 Å². The molecule has 0 aromatic heterocycles. The van der Waals surface area contributed by atoms with Crippen LogP contribution < -0.4 is 10.5 Å². The van der Waals surface area contributed by atoms with Gasteiger partial charge in [-0.25, -0.2) is 0 Å². The van der Waals surface area contributed by atoms with Crippen LogP contribution in [0.5, 0.6) is 5.75 Å². The van der Waals surface area contributed by atoms with Crippen molar-refractivity contribution in [2.75, 3.05) is 13.2 Å². The highest BCUT2D eigenvalue weighted by Gasteiger charge is 2.08. The van der Waals surface area contributed by atoms with Gasteiger partial charge in [0.05, 0.1) is 11.6 Å². The summed E-state index contributed by atoms with van der Waals surface area (Å²) in [4.78, 5) is 0. The molecule has 2 atom stereocenters. The molecule has 0 bridgehead atoms. The van der Waals surface area contributed by atoms with Crippen molar-refractivity contribution in [2.45, 2.75) is 19.1 Å². The van der Waals surface area contributed by atoms with Gasteiger partial charge in [0, 0.05) is 6.04 Å². The Bertz CT molecular complexity index is 344. The zero-order chi connectivity index (χ0) is 12.1. The molecule has 4 nitrogen and oxygen atoms in total. The summed E-state index contributed by atoms with van der Waals surface area (Å²) >= 11 is 5.98. The van der Waals surface area contributed by atoms with Crippen molar-refractivity contribution in [3.63, 3.8) is 0 Å². The van der Waals surface area contributed by atoms with Crippen LogP contribution in [0, 0.1) is 0 Å². The predicted molar refractivity (Wildman–Crippen MR) is 62.6 cm³/mol. The summed E-state index contributed by atoms with van der Waals surface area (Å²) in [5, 5.41) is 18.2. The number of aliphatic hydroxyl groups excluding tert-OH is 2. The highest BCUT2D eigenvalue weighted by molar-refractivity contribution is 6.32. The average molecular weight is 246 g/mol. The Morgan fingerprint density at radius 3 is 2.69 bits per heavy atom. The minimum absolute atomic E-state index is 0.00768. The van der Waals surface area contributed by atoms with Crippen molar-refractivity contribution in [3.8, 4) is 5.75 Å². The molecular formula is C11H16ClNO3. The number of hydrogen-bond donors (Lipinski definition) is 3. The molecule has 0 saturated carbocycles. The van der Waals surface area contributed by atoms with Gasteiger partial charge in [0.25, 0.3) is 0 Å². The number of rotatable bonds is 5. The normalized spacial score (nSPS) is 14.6. The maximum Gasteiger partial charge on any atom is 0.138 e. The summed E-state index contributed by atoms with van der Waals surface area (Å²) < 4.78 is 5.24. The Labute approximate surface area is 99.6 Å². The Hall–Kier alpha value is -0.810. The largest absolute Gasteiger partial charge is 0.489 e. The van der Waals surface area contributed by atoms with Crippen LogP contribution in [0.3, 0.4) is 0 Å². The Balaban J connectivity index is 2.68. The smallest absolute Gasteiger partial charge is 0.138 e. The number of aliphatic hydroxyl groups is 2. The molecule has 0 heterocycles. The SMILES string of the molecule is C[C@@H](N)c1ccc(OCC(O)CO)c(Cl)c1. The minimum atomic E-state index is -0.899. The van der Waals surface area contributed by atoms with Crippen LogP contribution in [0.1, 0.15) is 18.5 Å². The van der Waals surface area contributed by atoms with Gasteiger partial charge in [-0.05, 0) is 24.6 Å². The summed E-state index contributed by atoms with van der Waals surface area (Å²) in [6, 6.07) is 5.16. The molecule has 0 fully saturated rings. The van der Waals surface area contributed by atoms with Crippen LogP contribution in [-0.4, -0.2) is 29.5 Å². The predicted octanol–water partition coefficient (Wildman–Crippen LogP) is 1.09. The first kappa shape index (κ1) is 13.3. The summed E-state index contributed by atoms with van der Waals surface area (Å²) in [7, 11) is 0. The highest BCUT2D eigenvalue weighted by Crippen LogP contribution is 2.27. The number of ether oxygens (including phenoxy) is 1. The molecule has 1 aromatic carbocycles. The Kier molecular flexibility index (Phi) is 5.02. The van der Waals surface area contributed by atoms with Crippen molar-refractivity contribution < 1.29 is 14.9 Å². The topological polar surface area (TPSA) is 75.7 Å². The van der Waals surface area contributed by atoms with Crippen LogP contribution >= 0.6 is 11.6 Å². The lowest BCUT2D eigenvalue weighted by molar-refractivity contribution is 0.0536. The first-order chi connectivity index (χ1) is 7.54. The quantitative estimate of drug-likeness (QED) is 0.726. The van der Waals surface area contributed by atoms with E-state index in [9.17, 15) is 0 Å². The van der Waals surface area contributed by atoms with Gasteiger partial charge < -0.3 is 20.7 Å². The molecule has 1 unspecified atom stereocenters. The first-order valence-electron chi connectivity index (χ1n) is 5.01. The van der Waals surface area contributed by atoms with Crippen LogP contribution in [0.2, 0.25) is 5.02 Å². The molecule has 90 valence electrons. The lowest BCUT2D eigenvalue weighted by Crippen LogP contribution is -2.21. The summed E-state index contributed by atoms with van der Waals surface area (Å²) in [6.45, 7) is 1.53. The summed E-state index contributed by atoms with van der Waals surface area (Å²) in [6.07, 6.45) is -0.899. The number of nitrogens with two attached hydrogens (primary N) is 1. The third-order valence-corrected chi connectivity index (χ3v) is 2.42. The van der Waals surface area contributed by atoms with E-state index in [1.165, 1.54) is 0 Å². The van der Waals surface area contributed by atoms with Gasteiger partial charge in [0.15, 0.2) is 0 Å². The van der Waals surface area contributed by atoms with E-state index in [0.717, 1.165) is 5.56 Å². The highest BCUT2D eigenvalue weighted by atomic mass is 35.5. The van der Waals surface area contributed by atoms with Crippen molar-refractivity contribution >= 4 is 11.6 Å². The number of benzene rings is 1. The van der Waals surface area contributed by atoms with Gasteiger partial charge in [0.1, 0.15) is 18.5 Å². The molecule has 0 saturated heterocycles. The fourth-order valence-electron chi connectivity index (χ4n) is 1.16. The van der Waals surface area contributed by atoms with E-state index < -0.39 is 6.10 Å². The van der Waals surface area contributed by atoms with Crippen LogP contribution in [0.15, 0.2) is 18.2 Å². The van der Waals surface area contributed by atoms with E-state index >= 15 is 0 Å². The molecule has 0 aliphatic heterocycles. The number of halogens is 1. The lowest BCUT2D eigenvalue weighted by atomic mass is 10.1. The van der Waals surface area contributed by atoms with Gasteiger partial charge in [0.2, 0.25) is 0 Å². The van der Waals surface area contributed by atoms with E-state index in [-0.39, 0.29) is 19.3 Å². The van der Waals surface area contributed by atoms with E-state index in [1.807, 2.05) is 13.0 Å². The molecule has 0 aliphatic rings. The Morgan fingerprint density at radius 2 is 2.19 bits per heavy atom. The maximum atomic E-state index is 9.11. The third-order valence-electron chi connectivity index (χ3n) is 2.12. The first-order valence-corrected chi connectivity index (χ1v) is 5.39. The molecule has 5 heteroatoms. The van der Waals surface area contributed by atoms with E-state index in [4.69, 9.17) is 32.3 Å². The van der Waals surface area contributed by atoms with Gasteiger partial charge in [-0.3, -0.25) is 0 Å². The molecule has 0 aliphatic carbocycles. The molecule has 1 rings (SSSR count). The molecular weight excluding hydrogens is 230 g/mol. The van der Waals surface area contributed by atoms with Gasteiger partial charge >= 0.3 is 0 Å². The lowest BCUT2D eigenvalue weighted by Gasteiger charge is -2.13. The summed E-state index contributed by atoms with van der Waals surface area (Å²) in [5.74, 6) is 0.471. The zero-order valence-electron chi connectivity index (χ0n) is 9.06. The maximum absolute atomic E-state index is 9.11. The number of hydrogen-bond acceptors (Lipinski definition) is 4. The average Bonchev–Trinajstić information content (AvgIpc) is 2.26. The van der Waals surface area contributed by atoms with Gasteiger partial charge in [-0.2, -0.15) is 0 Å². The van der Waals surface area contributed by atoms with Crippen molar-refractivity contribution in [1.82, 2.24) is 0 Å². The molecule has 16 heavy (non-hydrogen) atoms. The van der Waals surface area contributed by atoms with E-state index in [1.54, 1.807) is 12.1 Å². The van der Waals surface area contributed by atoms with E-state index in [0.29, 0.717) is 10.8 Å². The Morgan fingerprint density at radius 1 is 1.50 bits per heavy atom. The van der Waals surface area contributed by atoms with Crippen LogP contribution in [0.4, 0.5) is 0 Å². The van der Waals surface area contributed by atoms with Crippen LogP contribution in [0.25, 0.3) is 0 Å². The second kappa shape index (κ2) is 6.06. The third kappa shape index (κ3) is 3.64. The molecule has 0 amide bonds. The minimum Gasteiger partial charge on any atom is -0.489 e. The summed E-state index contributed by atoms with van der Waals surface area (Å²) in [5.41, 5.74) is 6.62.